The molecule has 0 amide bonds. The van der Waals surface area contributed by atoms with Gasteiger partial charge < -0.3 is 10.2 Å². The fourth-order valence-corrected chi connectivity index (χ4v) is 3.13. The second-order valence-corrected chi connectivity index (χ2v) is 6.38. The molecule has 1 saturated carbocycles. The number of nitrogens with one attached hydrogen (secondary N) is 1. The van der Waals surface area contributed by atoms with Crippen LogP contribution in [0.5, 0.6) is 0 Å². The molecular weight excluding hydrogens is 244 g/mol. The lowest BCUT2D eigenvalue weighted by Gasteiger charge is -2.21. The maximum Gasteiger partial charge on any atom is 0.0363 e. The molecule has 1 aromatic carbocycles. The minimum absolute atomic E-state index is 0.766. The van der Waals surface area contributed by atoms with Crippen molar-refractivity contribution in [3.05, 3.63) is 30.3 Å². The van der Waals surface area contributed by atoms with Crippen molar-refractivity contribution in [3.8, 4) is 0 Å². The second-order valence-electron chi connectivity index (χ2n) is 6.38. The first-order valence-corrected chi connectivity index (χ1v) is 8.25. The monoisotopic (exact) mass is 274 g/mol. The van der Waals surface area contributed by atoms with Crippen LogP contribution in [0.3, 0.4) is 0 Å². The van der Waals surface area contributed by atoms with E-state index in [9.17, 15) is 0 Å². The molecule has 1 aliphatic rings. The molecule has 0 saturated heterocycles. The Kier molecular flexibility index (Phi) is 6.38. The number of benzene rings is 1. The summed E-state index contributed by atoms with van der Waals surface area (Å²) in [7, 11) is 2.18. The SMILES string of the molecule is CC1CCCC(NCCCN(C)c2ccccc2)CC1. The summed E-state index contributed by atoms with van der Waals surface area (Å²) in [6, 6.07) is 11.4. The quantitative estimate of drug-likeness (QED) is 0.621. The van der Waals surface area contributed by atoms with E-state index in [1.54, 1.807) is 0 Å². The molecule has 1 aromatic rings. The molecule has 112 valence electrons. The van der Waals surface area contributed by atoms with Gasteiger partial charge in [0.05, 0.1) is 0 Å². The van der Waals surface area contributed by atoms with Gasteiger partial charge in [-0.2, -0.15) is 0 Å². The average Bonchev–Trinajstić information content (AvgIpc) is 2.69. The Hall–Kier alpha value is -1.02. The predicted octanol–water partition coefficient (Wildman–Crippen LogP) is 4.07. The van der Waals surface area contributed by atoms with Crippen molar-refractivity contribution in [2.24, 2.45) is 5.92 Å². The van der Waals surface area contributed by atoms with Crippen LogP contribution in [-0.2, 0) is 0 Å². The van der Waals surface area contributed by atoms with Crippen LogP contribution in [0, 0.1) is 5.92 Å². The van der Waals surface area contributed by atoms with Gasteiger partial charge in [0.25, 0.3) is 0 Å². The van der Waals surface area contributed by atoms with Gasteiger partial charge in [0.2, 0.25) is 0 Å². The zero-order valence-electron chi connectivity index (χ0n) is 13.1. The highest BCUT2D eigenvalue weighted by Gasteiger charge is 2.15. The van der Waals surface area contributed by atoms with E-state index in [-0.39, 0.29) is 0 Å². The van der Waals surface area contributed by atoms with Crippen molar-refractivity contribution in [3.63, 3.8) is 0 Å². The van der Waals surface area contributed by atoms with Gasteiger partial charge in [0.1, 0.15) is 0 Å². The first kappa shape index (κ1) is 15.4. The Morgan fingerprint density at radius 2 is 1.90 bits per heavy atom. The average molecular weight is 274 g/mol. The molecule has 1 aliphatic carbocycles. The van der Waals surface area contributed by atoms with Crippen LogP contribution in [0.1, 0.15) is 45.4 Å². The Morgan fingerprint density at radius 1 is 1.10 bits per heavy atom. The Balaban J connectivity index is 1.61. The molecular formula is C18H30N2. The zero-order valence-corrected chi connectivity index (χ0v) is 13.1. The molecule has 2 atom stereocenters. The van der Waals surface area contributed by atoms with Crippen LogP contribution >= 0.6 is 0 Å². The van der Waals surface area contributed by atoms with E-state index >= 15 is 0 Å². The van der Waals surface area contributed by atoms with Gasteiger partial charge in [-0.15, -0.1) is 0 Å². The molecule has 1 fully saturated rings. The molecule has 20 heavy (non-hydrogen) atoms. The molecule has 2 unspecified atom stereocenters. The number of hydrogen-bond acceptors (Lipinski definition) is 2. The van der Waals surface area contributed by atoms with Crippen LogP contribution in [0.15, 0.2) is 30.3 Å². The van der Waals surface area contributed by atoms with Gasteiger partial charge in [0, 0.05) is 25.3 Å². The summed E-state index contributed by atoms with van der Waals surface area (Å²) in [5.74, 6) is 0.936. The van der Waals surface area contributed by atoms with Crippen LogP contribution in [0.2, 0.25) is 0 Å². The Labute approximate surface area is 124 Å². The second kappa shape index (κ2) is 8.31. The summed E-state index contributed by atoms with van der Waals surface area (Å²) >= 11 is 0. The van der Waals surface area contributed by atoms with Gasteiger partial charge >= 0.3 is 0 Å². The third-order valence-corrected chi connectivity index (χ3v) is 4.56. The lowest BCUT2D eigenvalue weighted by atomic mass is 10.0. The van der Waals surface area contributed by atoms with Gasteiger partial charge in [-0.1, -0.05) is 38.0 Å². The zero-order chi connectivity index (χ0) is 14.2. The number of hydrogen-bond donors (Lipinski definition) is 1. The number of rotatable bonds is 6. The van der Waals surface area contributed by atoms with Gasteiger partial charge in [-0.05, 0) is 50.3 Å². The first-order valence-electron chi connectivity index (χ1n) is 8.25. The molecule has 0 spiro atoms. The fourth-order valence-electron chi connectivity index (χ4n) is 3.13. The van der Waals surface area contributed by atoms with E-state index in [0.717, 1.165) is 25.0 Å². The topological polar surface area (TPSA) is 15.3 Å². The van der Waals surface area contributed by atoms with Crippen LogP contribution < -0.4 is 10.2 Å². The molecule has 0 aromatic heterocycles. The summed E-state index contributed by atoms with van der Waals surface area (Å²) in [6.45, 7) is 4.67. The normalized spacial score (nSPS) is 23.3. The van der Waals surface area contributed by atoms with Gasteiger partial charge in [-0.3, -0.25) is 0 Å². The van der Waals surface area contributed by atoms with Crippen molar-refractivity contribution in [1.82, 2.24) is 5.32 Å². The third-order valence-electron chi connectivity index (χ3n) is 4.56. The van der Waals surface area contributed by atoms with Crippen molar-refractivity contribution in [2.45, 2.75) is 51.5 Å². The first-order chi connectivity index (χ1) is 9.75. The molecule has 0 radical (unpaired) electrons. The molecule has 0 heterocycles. The fraction of sp³-hybridized carbons (Fsp3) is 0.667. The van der Waals surface area contributed by atoms with Gasteiger partial charge in [0.15, 0.2) is 0 Å². The van der Waals surface area contributed by atoms with Crippen LogP contribution in [-0.4, -0.2) is 26.2 Å². The summed E-state index contributed by atoms with van der Waals surface area (Å²) in [4.78, 5) is 2.34. The van der Waals surface area contributed by atoms with E-state index in [4.69, 9.17) is 0 Å². The van der Waals surface area contributed by atoms with Crippen LogP contribution in [0.25, 0.3) is 0 Å². The van der Waals surface area contributed by atoms with E-state index in [1.807, 2.05) is 0 Å². The maximum absolute atomic E-state index is 3.76. The molecule has 1 N–H and O–H groups in total. The molecule has 2 heteroatoms. The van der Waals surface area contributed by atoms with E-state index in [1.165, 1.54) is 44.2 Å². The molecule has 2 nitrogen and oxygen atoms in total. The minimum Gasteiger partial charge on any atom is -0.375 e. The summed E-state index contributed by atoms with van der Waals surface area (Å²) < 4.78 is 0. The van der Waals surface area contributed by atoms with Crippen molar-refractivity contribution >= 4 is 5.69 Å². The lowest BCUT2D eigenvalue weighted by Crippen LogP contribution is -2.31. The van der Waals surface area contributed by atoms with E-state index in [0.29, 0.717) is 0 Å². The highest BCUT2D eigenvalue weighted by atomic mass is 15.1. The Bertz CT molecular complexity index is 363. The summed E-state index contributed by atoms with van der Waals surface area (Å²) in [5.41, 5.74) is 1.32. The minimum atomic E-state index is 0.766. The number of nitrogens with zero attached hydrogens (tertiary/aromatic N) is 1. The van der Waals surface area contributed by atoms with Crippen molar-refractivity contribution in [1.29, 1.82) is 0 Å². The van der Waals surface area contributed by atoms with E-state index < -0.39 is 0 Å². The molecule has 0 aliphatic heterocycles. The van der Waals surface area contributed by atoms with Crippen molar-refractivity contribution in [2.75, 3.05) is 25.0 Å². The van der Waals surface area contributed by atoms with Crippen molar-refractivity contribution < 1.29 is 0 Å². The smallest absolute Gasteiger partial charge is 0.0363 e. The number of para-hydroxylation sites is 1. The standard InChI is InChI=1S/C18H30N2/c1-16-8-6-9-17(13-12-16)19-14-7-15-20(2)18-10-4-3-5-11-18/h3-5,10-11,16-17,19H,6-9,12-15H2,1-2H3. The number of anilines is 1. The van der Waals surface area contributed by atoms with E-state index in [2.05, 4.69) is 54.5 Å². The predicted molar refractivity (Wildman–Crippen MR) is 88.4 cm³/mol. The molecule has 2 rings (SSSR count). The Morgan fingerprint density at radius 3 is 2.70 bits per heavy atom. The lowest BCUT2D eigenvalue weighted by molar-refractivity contribution is 0.445. The van der Waals surface area contributed by atoms with Gasteiger partial charge in [-0.25, -0.2) is 0 Å². The summed E-state index contributed by atoms with van der Waals surface area (Å²) in [6.07, 6.45) is 8.20. The highest BCUT2D eigenvalue weighted by molar-refractivity contribution is 5.44. The summed E-state index contributed by atoms with van der Waals surface area (Å²) in [5, 5.41) is 3.76. The molecule has 0 bridgehead atoms. The largest absolute Gasteiger partial charge is 0.375 e. The maximum atomic E-state index is 3.76. The highest BCUT2D eigenvalue weighted by Crippen LogP contribution is 2.22. The van der Waals surface area contributed by atoms with Crippen LogP contribution in [0.4, 0.5) is 5.69 Å². The third kappa shape index (κ3) is 5.16.